The molecule has 33 heavy (non-hydrogen) atoms. The maximum absolute atomic E-state index is 14.0. The van der Waals surface area contributed by atoms with E-state index in [1.807, 2.05) is 6.92 Å². The molecule has 2 saturated heterocycles. The molecule has 1 aromatic heterocycles. The summed E-state index contributed by atoms with van der Waals surface area (Å²) < 4.78 is 47.9. The molecule has 4 rings (SSSR count). The molecule has 1 amide bonds. The van der Waals surface area contributed by atoms with E-state index in [4.69, 9.17) is 4.78 Å². The van der Waals surface area contributed by atoms with Gasteiger partial charge in [-0.05, 0) is 42.7 Å². The fourth-order valence-corrected chi connectivity index (χ4v) is 5.01. The number of aromatic nitrogens is 1. The summed E-state index contributed by atoms with van der Waals surface area (Å²) in [6.07, 6.45) is 2.96. The van der Waals surface area contributed by atoms with Gasteiger partial charge in [-0.25, -0.2) is 22.8 Å². The van der Waals surface area contributed by atoms with Crippen molar-refractivity contribution in [1.82, 2.24) is 10.3 Å². The Balaban J connectivity index is 1.71. The van der Waals surface area contributed by atoms with Gasteiger partial charge in [-0.1, -0.05) is 6.07 Å². The van der Waals surface area contributed by atoms with Crippen molar-refractivity contribution in [3.63, 3.8) is 0 Å². The van der Waals surface area contributed by atoms with Crippen LogP contribution in [0.15, 0.2) is 35.4 Å². The summed E-state index contributed by atoms with van der Waals surface area (Å²) in [6, 6.07) is 6.43. The molecule has 0 radical (unpaired) electrons. The second kappa shape index (κ2) is 8.98. The first-order valence-corrected chi connectivity index (χ1v) is 13.0. The van der Waals surface area contributed by atoms with Crippen LogP contribution in [0.2, 0.25) is 0 Å². The smallest absolute Gasteiger partial charge is 0.259 e. The molecule has 3 heterocycles. The molecule has 1 unspecified atom stereocenters. The number of nitrogens with zero attached hydrogens (tertiary/aromatic N) is 2. The largest absolute Gasteiger partial charge is 0.356 e. The Labute approximate surface area is 192 Å². The van der Waals surface area contributed by atoms with Gasteiger partial charge in [0.15, 0.2) is 0 Å². The normalized spacial score (nSPS) is 20.4. The van der Waals surface area contributed by atoms with Gasteiger partial charge >= 0.3 is 0 Å². The van der Waals surface area contributed by atoms with Gasteiger partial charge in [0.2, 0.25) is 5.92 Å². The van der Waals surface area contributed by atoms with Gasteiger partial charge < -0.3 is 15.5 Å². The number of carbonyl (C=O) groups is 1. The van der Waals surface area contributed by atoms with Crippen LogP contribution in [0.5, 0.6) is 0 Å². The number of amides is 1. The summed E-state index contributed by atoms with van der Waals surface area (Å²) in [7, 11) is -2.94. The van der Waals surface area contributed by atoms with Crippen molar-refractivity contribution in [2.75, 3.05) is 42.7 Å². The van der Waals surface area contributed by atoms with E-state index in [2.05, 4.69) is 15.6 Å². The third kappa shape index (κ3) is 5.16. The summed E-state index contributed by atoms with van der Waals surface area (Å²) in [5.74, 6) is -2.45. The lowest BCUT2D eigenvalue weighted by Crippen LogP contribution is -2.40. The van der Waals surface area contributed by atoms with E-state index in [9.17, 15) is 17.8 Å². The van der Waals surface area contributed by atoms with Crippen molar-refractivity contribution >= 4 is 27.1 Å². The molecule has 2 fully saturated rings. The molecular weight excluding hydrogens is 448 g/mol. The van der Waals surface area contributed by atoms with Gasteiger partial charge in [-0.3, -0.25) is 4.79 Å². The van der Waals surface area contributed by atoms with Crippen LogP contribution in [0.25, 0.3) is 0 Å². The zero-order chi connectivity index (χ0) is 23.8. The number of halogens is 2. The minimum atomic E-state index is -2.94. The molecule has 0 aliphatic carbocycles. The minimum absolute atomic E-state index is 0.121. The maximum atomic E-state index is 14.0. The average molecular weight is 478 g/mol. The van der Waals surface area contributed by atoms with E-state index in [1.54, 1.807) is 29.3 Å². The van der Waals surface area contributed by atoms with Crippen LogP contribution in [0.4, 0.5) is 20.3 Å². The third-order valence-corrected chi connectivity index (χ3v) is 7.52. The van der Waals surface area contributed by atoms with Gasteiger partial charge in [0.1, 0.15) is 5.82 Å². The molecule has 0 saturated carbocycles. The fraction of sp³-hybridized carbons (Fsp3) is 0.478. The second-order valence-corrected chi connectivity index (χ2v) is 11.1. The highest BCUT2D eigenvalue weighted by Crippen LogP contribution is 2.34. The summed E-state index contributed by atoms with van der Waals surface area (Å²) in [5.41, 5.74) is 2.55. The van der Waals surface area contributed by atoms with E-state index in [0.717, 1.165) is 24.2 Å². The first-order valence-electron chi connectivity index (χ1n) is 11.0. The number of rotatable bonds is 5. The van der Waals surface area contributed by atoms with E-state index < -0.39 is 21.6 Å². The lowest BCUT2D eigenvalue weighted by Gasteiger charge is -2.31. The van der Waals surface area contributed by atoms with Crippen LogP contribution < -0.4 is 15.5 Å². The standard InChI is InChI=1S/C23H29F2N5O2S/c1-15-19(16-12-27-13-16)14-28-21(30-9-4-7-23(24,25)8-10-30)20(15)22(31)29-17-5-3-6-18(11-17)33(2,26)32/h3,5-6,11,14,16,26-27H,4,7-10,12-13H2,1-2H3,(H,29,31). The van der Waals surface area contributed by atoms with Crippen molar-refractivity contribution in [2.45, 2.75) is 42.9 Å². The van der Waals surface area contributed by atoms with Crippen LogP contribution in [0.1, 0.15) is 46.7 Å². The lowest BCUT2D eigenvalue weighted by molar-refractivity contribution is -0.0102. The summed E-state index contributed by atoms with van der Waals surface area (Å²) >= 11 is 0. The predicted molar refractivity (Wildman–Crippen MR) is 125 cm³/mol. The molecule has 1 atom stereocenters. The number of benzene rings is 1. The number of hydrogen-bond donors (Lipinski definition) is 3. The number of hydrogen-bond acceptors (Lipinski definition) is 6. The highest BCUT2D eigenvalue weighted by Gasteiger charge is 2.34. The van der Waals surface area contributed by atoms with E-state index in [0.29, 0.717) is 34.9 Å². The zero-order valence-corrected chi connectivity index (χ0v) is 19.6. The van der Waals surface area contributed by atoms with Crippen LogP contribution in [0.3, 0.4) is 0 Å². The van der Waals surface area contributed by atoms with Crippen molar-refractivity contribution in [3.8, 4) is 0 Å². The second-order valence-electron chi connectivity index (χ2n) is 8.91. The summed E-state index contributed by atoms with van der Waals surface area (Å²) in [5, 5.41) is 6.07. The van der Waals surface area contributed by atoms with E-state index in [-0.39, 0.29) is 25.3 Å². The number of anilines is 2. The van der Waals surface area contributed by atoms with Crippen molar-refractivity contribution < 1.29 is 17.8 Å². The quantitative estimate of drug-likeness (QED) is 0.605. The van der Waals surface area contributed by atoms with Gasteiger partial charge in [0.05, 0.1) is 15.3 Å². The van der Waals surface area contributed by atoms with Gasteiger partial charge in [0.25, 0.3) is 5.91 Å². The lowest BCUT2D eigenvalue weighted by atomic mass is 9.89. The van der Waals surface area contributed by atoms with Crippen LogP contribution >= 0.6 is 0 Å². The Hall–Kier alpha value is -2.59. The molecule has 2 aliphatic heterocycles. The molecule has 3 N–H and O–H groups in total. The number of carbonyl (C=O) groups excluding carboxylic acids is 1. The molecule has 7 nitrogen and oxygen atoms in total. The first kappa shape index (κ1) is 23.6. The van der Waals surface area contributed by atoms with Crippen molar-refractivity contribution in [1.29, 1.82) is 4.78 Å². The molecule has 178 valence electrons. The fourth-order valence-electron chi connectivity index (χ4n) is 4.32. The van der Waals surface area contributed by atoms with E-state index >= 15 is 0 Å². The molecule has 0 spiro atoms. The topological polar surface area (TPSA) is 98.2 Å². The van der Waals surface area contributed by atoms with E-state index in [1.165, 1.54) is 12.3 Å². The average Bonchev–Trinajstić information content (AvgIpc) is 2.88. The highest BCUT2D eigenvalue weighted by atomic mass is 32.2. The molecule has 2 aromatic rings. The van der Waals surface area contributed by atoms with Crippen molar-refractivity contribution in [3.05, 3.63) is 47.2 Å². The predicted octanol–water partition coefficient (Wildman–Crippen LogP) is 3.99. The molecule has 10 heteroatoms. The molecule has 1 aromatic carbocycles. The summed E-state index contributed by atoms with van der Waals surface area (Å²) in [6.45, 7) is 4.00. The first-order chi connectivity index (χ1) is 15.5. The monoisotopic (exact) mass is 477 g/mol. The number of nitrogens with one attached hydrogen (secondary N) is 3. The minimum Gasteiger partial charge on any atom is -0.356 e. The zero-order valence-electron chi connectivity index (χ0n) is 18.8. The Bertz CT molecular complexity index is 1170. The Kier molecular flexibility index (Phi) is 6.41. The Morgan fingerprint density at radius 3 is 2.73 bits per heavy atom. The van der Waals surface area contributed by atoms with Gasteiger partial charge in [-0.15, -0.1) is 0 Å². The number of pyridine rings is 1. The number of alkyl halides is 2. The van der Waals surface area contributed by atoms with Crippen LogP contribution in [-0.4, -0.2) is 53.5 Å². The van der Waals surface area contributed by atoms with Gasteiger partial charge in [0, 0.05) is 68.0 Å². The maximum Gasteiger partial charge on any atom is 0.259 e. The highest BCUT2D eigenvalue weighted by molar-refractivity contribution is 7.91. The molecule has 0 bridgehead atoms. The Morgan fingerprint density at radius 2 is 2.06 bits per heavy atom. The SMILES string of the molecule is Cc1c(C2CNC2)cnc(N2CCCC(F)(F)CC2)c1C(=O)Nc1cccc(S(C)(=N)=O)c1. The molecular formula is C23H29F2N5O2S. The van der Waals surface area contributed by atoms with Crippen LogP contribution in [-0.2, 0) is 9.73 Å². The van der Waals surface area contributed by atoms with Gasteiger partial charge in [-0.2, -0.15) is 0 Å². The van der Waals surface area contributed by atoms with Crippen molar-refractivity contribution in [2.24, 2.45) is 0 Å². The molecule has 2 aliphatic rings. The Morgan fingerprint density at radius 1 is 1.30 bits per heavy atom. The van der Waals surface area contributed by atoms with Crippen LogP contribution in [0, 0.1) is 11.7 Å². The third-order valence-electron chi connectivity index (χ3n) is 6.37. The summed E-state index contributed by atoms with van der Waals surface area (Å²) in [4.78, 5) is 20.2.